The van der Waals surface area contributed by atoms with E-state index in [0.29, 0.717) is 6.61 Å². The molecule has 3 nitrogen and oxygen atoms in total. The van der Waals surface area contributed by atoms with E-state index in [1.165, 1.54) is 0 Å². The van der Waals surface area contributed by atoms with Crippen LogP contribution < -0.4 is 10.5 Å². The summed E-state index contributed by atoms with van der Waals surface area (Å²) in [5, 5.41) is 8.60. The van der Waals surface area contributed by atoms with Gasteiger partial charge in [-0.15, -0.1) is 12.1 Å². The minimum atomic E-state index is -0.311. The Morgan fingerprint density at radius 3 is 2.62 bits per heavy atom. The zero-order valence-corrected chi connectivity index (χ0v) is 10.4. The topological polar surface area (TPSA) is 55.5 Å². The van der Waals surface area contributed by atoms with Crippen LogP contribution in [0, 0.1) is 6.07 Å². The molecule has 1 atom stereocenters. The van der Waals surface area contributed by atoms with Crippen LogP contribution in [0.2, 0.25) is 0 Å². The van der Waals surface area contributed by atoms with Gasteiger partial charge in [0.25, 0.3) is 0 Å². The minimum absolute atomic E-state index is 0. The van der Waals surface area contributed by atoms with Crippen molar-refractivity contribution in [1.29, 1.82) is 0 Å². The fraction of sp³-hybridized carbons (Fsp3) is 0.333. The molecular weight excluding hydrogens is 219 g/mol. The third-order valence-electron chi connectivity index (χ3n) is 1.39. The van der Waals surface area contributed by atoms with Crippen LogP contribution in [0.25, 0.3) is 0 Å². The van der Waals surface area contributed by atoms with Crippen LogP contribution >= 0.6 is 0 Å². The van der Waals surface area contributed by atoms with E-state index in [-0.39, 0.29) is 32.1 Å². The molecule has 0 bridgehead atoms. The molecule has 0 saturated carbocycles. The monoisotopic (exact) mass is 230 g/mol. The Morgan fingerprint density at radius 2 is 2.08 bits per heavy atom. The molecule has 4 heteroatoms. The molecule has 0 aliphatic rings. The van der Waals surface area contributed by atoms with Crippen LogP contribution in [0.5, 0.6) is 5.75 Å². The van der Waals surface area contributed by atoms with Gasteiger partial charge < -0.3 is 15.6 Å². The van der Waals surface area contributed by atoms with E-state index in [2.05, 4.69) is 6.07 Å². The molecule has 0 amide bonds. The average molecular weight is 232 g/mol. The molecule has 0 aromatic heterocycles. The van der Waals surface area contributed by atoms with Crippen LogP contribution in [0.1, 0.15) is 0 Å². The molecule has 0 radical (unpaired) electrons. The Morgan fingerprint density at radius 1 is 1.46 bits per heavy atom. The Balaban J connectivity index is 0.00000144. The van der Waals surface area contributed by atoms with Crippen molar-refractivity contribution in [3.8, 4) is 5.75 Å². The maximum atomic E-state index is 8.60. The van der Waals surface area contributed by atoms with Gasteiger partial charge in [-0.1, -0.05) is 0 Å². The summed E-state index contributed by atoms with van der Waals surface area (Å²) in [7, 11) is 0. The molecule has 1 aromatic carbocycles. The van der Waals surface area contributed by atoms with Crippen molar-refractivity contribution < 1.29 is 29.3 Å². The zero-order chi connectivity index (χ0) is 8.81. The van der Waals surface area contributed by atoms with E-state index in [9.17, 15) is 0 Å². The van der Waals surface area contributed by atoms with Gasteiger partial charge in [-0.2, -0.15) is 18.2 Å². The quantitative estimate of drug-likeness (QED) is 0.574. The Labute approximate surface area is 90.7 Å². The number of hydrogen-bond acceptors (Lipinski definition) is 3. The maximum absolute atomic E-state index is 8.60. The van der Waals surface area contributed by atoms with Crippen molar-refractivity contribution in [2.45, 2.75) is 6.04 Å². The molecular formula is C9H12NO2Zn-. The fourth-order valence-electron chi connectivity index (χ4n) is 0.724. The minimum Gasteiger partial charge on any atom is -0.517 e. The van der Waals surface area contributed by atoms with Gasteiger partial charge in [-0.3, -0.25) is 0 Å². The molecule has 1 unspecified atom stereocenters. The number of nitrogens with two attached hydrogens (primary N) is 1. The van der Waals surface area contributed by atoms with Crippen molar-refractivity contribution in [3.63, 3.8) is 0 Å². The summed E-state index contributed by atoms with van der Waals surface area (Å²) in [5.74, 6) is 0.748. The molecule has 0 aliphatic carbocycles. The van der Waals surface area contributed by atoms with E-state index < -0.39 is 0 Å². The van der Waals surface area contributed by atoms with Gasteiger partial charge in [0, 0.05) is 25.2 Å². The third-order valence-corrected chi connectivity index (χ3v) is 1.39. The van der Waals surface area contributed by atoms with Gasteiger partial charge in [0.05, 0.1) is 12.6 Å². The summed E-state index contributed by atoms with van der Waals surface area (Å²) in [6.45, 7) is 0.277. The SMILES string of the molecule is NC(CO)COc1cc[c-]cc1.[Zn]. The number of ether oxygens (including phenoxy) is 1. The first kappa shape index (κ1) is 12.6. The van der Waals surface area contributed by atoms with Crippen molar-refractivity contribution >= 4 is 0 Å². The molecule has 0 fully saturated rings. The summed E-state index contributed by atoms with van der Waals surface area (Å²) >= 11 is 0. The average Bonchev–Trinajstić information content (AvgIpc) is 2.16. The van der Waals surface area contributed by atoms with Crippen LogP contribution in [0.4, 0.5) is 0 Å². The first-order chi connectivity index (χ1) is 5.83. The number of aliphatic hydroxyl groups is 1. The van der Waals surface area contributed by atoms with E-state index >= 15 is 0 Å². The number of benzene rings is 1. The van der Waals surface area contributed by atoms with E-state index in [0.717, 1.165) is 5.75 Å². The molecule has 0 spiro atoms. The predicted octanol–water partition coefficient (Wildman–Crippen LogP) is 0.183. The summed E-state index contributed by atoms with van der Waals surface area (Å²) in [6.07, 6.45) is 0. The van der Waals surface area contributed by atoms with Crippen LogP contribution in [0.3, 0.4) is 0 Å². The predicted molar refractivity (Wildman–Crippen MR) is 45.8 cm³/mol. The van der Waals surface area contributed by atoms with Crippen LogP contribution in [-0.4, -0.2) is 24.4 Å². The summed E-state index contributed by atoms with van der Waals surface area (Å²) in [6, 6.07) is 9.68. The van der Waals surface area contributed by atoms with E-state index in [1.807, 2.05) is 0 Å². The van der Waals surface area contributed by atoms with Crippen molar-refractivity contribution in [2.75, 3.05) is 13.2 Å². The zero-order valence-electron chi connectivity index (χ0n) is 7.44. The molecule has 0 heterocycles. The molecule has 1 aromatic rings. The first-order valence-electron chi connectivity index (χ1n) is 3.78. The number of rotatable bonds is 4. The molecule has 0 saturated heterocycles. The van der Waals surface area contributed by atoms with Crippen molar-refractivity contribution in [2.24, 2.45) is 5.73 Å². The Kier molecular flexibility index (Phi) is 6.78. The van der Waals surface area contributed by atoms with Gasteiger partial charge in [-0.05, 0) is 0 Å². The third kappa shape index (κ3) is 4.99. The normalized spacial score (nSPS) is 11.5. The van der Waals surface area contributed by atoms with Crippen molar-refractivity contribution in [1.82, 2.24) is 0 Å². The van der Waals surface area contributed by atoms with Crippen LogP contribution in [0.15, 0.2) is 24.3 Å². The second-order valence-electron chi connectivity index (χ2n) is 2.49. The van der Waals surface area contributed by atoms with Crippen molar-refractivity contribution in [3.05, 3.63) is 30.3 Å². The fourth-order valence-corrected chi connectivity index (χ4v) is 0.724. The number of aliphatic hydroxyl groups excluding tert-OH is 1. The second kappa shape index (κ2) is 7.01. The van der Waals surface area contributed by atoms with E-state index in [4.69, 9.17) is 15.6 Å². The largest absolute Gasteiger partial charge is 0.517 e. The van der Waals surface area contributed by atoms with Gasteiger partial charge >= 0.3 is 0 Å². The smallest absolute Gasteiger partial charge is 0.102 e. The molecule has 13 heavy (non-hydrogen) atoms. The van der Waals surface area contributed by atoms with Gasteiger partial charge in [0.1, 0.15) is 6.61 Å². The molecule has 0 aliphatic heterocycles. The van der Waals surface area contributed by atoms with E-state index in [1.54, 1.807) is 24.3 Å². The summed E-state index contributed by atoms with van der Waals surface area (Å²) in [4.78, 5) is 0. The first-order valence-corrected chi connectivity index (χ1v) is 3.78. The van der Waals surface area contributed by atoms with Gasteiger partial charge in [0.15, 0.2) is 0 Å². The standard InChI is InChI=1S/C9H12NO2.Zn/c10-8(6-11)7-12-9-4-2-1-3-5-9;/h2-5,8,11H,6-7,10H2;/q-1;. The summed E-state index contributed by atoms with van der Waals surface area (Å²) < 4.78 is 5.25. The Bertz CT molecular complexity index is 218. The number of hydrogen-bond donors (Lipinski definition) is 2. The van der Waals surface area contributed by atoms with Gasteiger partial charge in [0.2, 0.25) is 0 Å². The Hall–Kier alpha value is -0.437. The maximum Gasteiger partial charge on any atom is 0.102 e. The van der Waals surface area contributed by atoms with Crippen LogP contribution in [-0.2, 0) is 19.5 Å². The molecule has 3 N–H and O–H groups in total. The summed E-state index contributed by atoms with van der Waals surface area (Å²) in [5.41, 5.74) is 5.44. The second-order valence-corrected chi connectivity index (χ2v) is 2.49. The van der Waals surface area contributed by atoms with Gasteiger partial charge in [-0.25, -0.2) is 0 Å². The molecule has 68 valence electrons. The molecule has 1 rings (SSSR count).